The number of rotatable bonds is 6. The van der Waals surface area contributed by atoms with Crippen LogP contribution in [0.4, 0.5) is 5.69 Å². The number of ether oxygens (including phenoxy) is 3. The minimum atomic E-state index is -0.277. The molecule has 1 fully saturated rings. The van der Waals surface area contributed by atoms with E-state index in [1.165, 1.54) is 13.3 Å². The van der Waals surface area contributed by atoms with Gasteiger partial charge in [-0.3, -0.25) is 9.59 Å². The lowest BCUT2D eigenvalue weighted by molar-refractivity contribution is -0.137. The lowest BCUT2D eigenvalue weighted by atomic mass is 10.2. The summed E-state index contributed by atoms with van der Waals surface area (Å²) < 4.78 is 15.7. The highest BCUT2D eigenvalue weighted by atomic mass is 16.5. The van der Waals surface area contributed by atoms with Gasteiger partial charge in [-0.2, -0.15) is 0 Å². The Bertz CT molecular complexity index is 771. The Hall–Kier alpha value is -3.13. The number of nitrogens with one attached hydrogen (secondary N) is 1. The molecule has 1 aromatic carbocycles. The number of aromatic nitrogens is 1. The van der Waals surface area contributed by atoms with Crippen LogP contribution >= 0.6 is 0 Å². The van der Waals surface area contributed by atoms with Gasteiger partial charge in [0.2, 0.25) is 5.88 Å². The van der Waals surface area contributed by atoms with Crippen LogP contribution in [0.5, 0.6) is 11.6 Å². The van der Waals surface area contributed by atoms with Crippen molar-refractivity contribution in [3.8, 4) is 11.6 Å². The molecule has 2 heterocycles. The fourth-order valence-corrected chi connectivity index (χ4v) is 2.52. The predicted molar refractivity (Wildman–Crippen MR) is 98.1 cm³/mol. The van der Waals surface area contributed by atoms with Crippen molar-refractivity contribution in [2.24, 2.45) is 0 Å². The van der Waals surface area contributed by atoms with E-state index in [1.807, 2.05) is 0 Å². The van der Waals surface area contributed by atoms with Gasteiger partial charge in [-0.25, -0.2) is 4.98 Å². The molecule has 1 aliphatic rings. The van der Waals surface area contributed by atoms with Crippen molar-refractivity contribution >= 4 is 17.5 Å². The molecule has 1 aromatic heterocycles. The summed E-state index contributed by atoms with van der Waals surface area (Å²) in [7, 11) is 1.51. The Morgan fingerprint density at radius 1 is 1.15 bits per heavy atom. The fraction of sp³-hybridized carbons (Fsp3) is 0.316. The number of benzene rings is 1. The number of carbonyl (C=O) groups is 2. The second-order valence-corrected chi connectivity index (χ2v) is 5.85. The monoisotopic (exact) mass is 371 g/mol. The first-order valence-electron chi connectivity index (χ1n) is 8.55. The van der Waals surface area contributed by atoms with Crippen molar-refractivity contribution < 1.29 is 23.8 Å². The SMILES string of the molecule is COc1ccc(C(=O)Nc2ccc(OCC(=O)N3CCOCC3)cc2)cn1. The normalized spacial score (nSPS) is 13.7. The van der Waals surface area contributed by atoms with Crippen molar-refractivity contribution in [3.05, 3.63) is 48.2 Å². The lowest BCUT2D eigenvalue weighted by Gasteiger charge is -2.26. The summed E-state index contributed by atoms with van der Waals surface area (Å²) in [5, 5.41) is 2.78. The van der Waals surface area contributed by atoms with E-state index in [1.54, 1.807) is 41.3 Å². The van der Waals surface area contributed by atoms with E-state index in [0.717, 1.165) is 0 Å². The minimum Gasteiger partial charge on any atom is -0.484 e. The molecule has 0 bridgehead atoms. The summed E-state index contributed by atoms with van der Waals surface area (Å²) in [4.78, 5) is 30.0. The first-order chi connectivity index (χ1) is 13.2. The number of pyridine rings is 1. The third-order valence-corrected chi connectivity index (χ3v) is 4.05. The first kappa shape index (κ1) is 18.7. The van der Waals surface area contributed by atoms with Gasteiger partial charge in [0.15, 0.2) is 6.61 Å². The van der Waals surface area contributed by atoms with Gasteiger partial charge in [-0.1, -0.05) is 0 Å². The second kappa shape index (κ2) is 9.00. The van der Waals surface area contributed by atoms with Crippen LogP contribution in [0, 0.1) is 0 Å². The van der Waals surface area contributed by atoms with E-state index in [-0.39, 0.29) is 18.4 Å². The second-order valence-electron chi connectivity index (χ2n) is 5.85. The topological polar surface area (TPSA) is 90.0 Å². The number of hydrogen-bond acceptors (Lipinski definition) is 6. The number of amides is 2. The van der Waals surface area contributed by atoms with Gasteiger partial charge < -0.3 is 24.4 Å². The van der Waals surface area contributed by atoms with Gasteiger partial charge in [0.25, 0.3) is 11.8 Å². The van der Waals surface area contributed by atoms with E-state index in [4.69, 9.17) is 14.2 Å². The summed E-state index contributed by atoms with van der Waals surface area (Å²) >= 11 is 0. The molecule has 8 nitrogen and oxygen atoms in total. The van der Waals surface area contributed by atoms with Crippen LogP contribution < -0.4 is 14.8 Å². The van der Waals surface area contributed by atoms with Crippen molar-refractivity contribution in [3.63, 3.8) is 0 Å². The van der Waals surface area contributed by atoms with E-state index in [2.05, 4.69) is 10.3 Å². The van der Waals surface area contributed by atoms with Crippen molar-refractivity contribution in [1.82, 2.24) is 9.88 Å². The van der Waals surface area contributed by atoms with Gasteiger partial charge in [-0.15, -0.1) is 0 Å². The number of anilines is 1. The van der Waals surface area contributed by atoms with Crippen LogP contribution in [0.2, 0.25) is 0 Å². The third kappa shape index (κ3) is 5.18. The smallest absolute Gasteiger partial charge is 0.260 e. The van der Waals surface area contributed by atoms with E-state index in [0.29, 0.717) is 49.2 Å². The highest BCUT2D eigenvalue weighted by Gasteiger charge is 2.17. The minimum absolute atomic E-state index is 0.0246. The highest BCUT2D eigenvalue weighted by Crippen LogP contribution is 2.17. The average molecular weight is 371 g/mol. The molecule has 142 valence electrons. The molecule has 0 atom stereocenters. The number of hydrogen-bond donors (Lipinski definition) is 1. The largest absolute Gasteiger partial charge is 0.484 e. The quantitative estimate of drug-likeness (QED) is 0.829. The zero-order valence-electron chi connectivity index (χ0n) is 15.0. The molecule has 0 aliphatic carbocycles. The van der Waals surface area contributed by atoms with Crippen molar-refractivity contribution in [2.75, 3.05) is 45.3 Å². The Balaban J connectivity index is 1.50. The summed E-state index contributed by atoms with van der Waals surface area (Å²) in [6, 6.07) is 10.1. The Morgan fingerprint density at radius 2 is 1.89 bits per heavy atom. The molecule has 0 radical (unpaired) electrons. The van der Waals surface area contributed by atoms with Crippen LogP contribution in [0.15, 0.2) is 42.6 Å². The zero-order valence-corrected chi connectivity index (χ0v) is 15.0. The van der Waals surface area contributed by atoms with Crippen molar-refractivity contribution in [2.45, 2.75) is 0 Å². The molecule has 8 heteroatoms. The summed E-state index contributed by atoms with van der Waals surface area (Å²) in [6.07, 6.45) is 1.45. The number of morpholine rings is 1. The highest BCUT2D eigenvalue weighted by molar-refractivity contribution is 6.04. The molecule has 1 saturated heterocycles. The molecule has 0 unspecified atom stereocenters. The maximum atomic E-state index is 12.2. The summed E-state index contributed by atoms with van der Waals surface area (Å²) in [5.41, 5.74) is 1.04. The van der Waals surface area contributed by atoms with Gasteiger partial charge in [0.05, 0.1) is 25.9 Å². The molecule has 1 aliphatic heterocycles. The molecular formula is C19H21N3O5. The molecule has 27 heavy (non-hydrogen) atoms. The fourth-order valence-electron chi connectivity index (χ4n) is 2.52. The third-order valence-electron chi connectivity index (χ3n) is 4.05. The molecule has 2 amide bonds. The maximum Gasteiger partial charge on any atom is 0.260 e. The average Bonchev–Trinajstić information content (AvgIpc) is 2.73. The van der Waals surface area contributed by atoms with Crippen LogP contribution in [0.25, 0.3) is 0 Å². The van der Waals surface area contributed by atoms with Gasteiger partial charge in [0, 0.05) is 31.0 Å². The number of nitrogens with zero attached hydrogens (tertiary/aromatic N) is 2. The van der Waals surface area contributed by atoms with Crippen LogP contribution in [-0.2, 0) is 9.53 Å². The zero-order chi connectivity index (χ0) is 19.1. The van der Waals surface area contributed by atoms with E-state index < -0.39 is 0 Å². The van der Waals surface area contributed by atoms with E-state index in [9.17, 15) is 9.59 Å². The maximum absolute atomic E-state index is 12.2. The number of methoxy groups -OCH3 is 1. The molecular weight excluding hydrogens is 350 g/mol. The van der Waals surface area contributed by atoms with Crippen molar-refractivity contribution in [1.29, 1.82) is 0 Å². The first-order valence-corrected chi connectivity index (χ1v) is 8.55. The lowest BCUT2D eigenvalue weighted by Crippen LogP contribution is -2.42. The van der Waals surface area contributed by atoms with Crippen LogP contribution in [-0.4, -0.2) is 61.7 Å². The van der Waals surface area contributed by atoms with Gasteiger partial charge >= 0.3 is 0 Å². The Kier molecular flexibility index (Phi) is 6.22. The number of carbonyl (C=O) groups excluding carboxylic acids is 2. The predicted octanol–water partition coefficient (Wildman–Crippen LogP) is 1.58. The summed E-state index contributed by atoms with van der Waals surface area (Å²) in [5.74, 6) is 0.657. The molecule has 0 saturated carbocycles. The Morgan fingerprint density at radius 3 is 2.52 bits per heavy atom. The van der Waals surface area contributed by atoms with Gasteiger partial charge in [-0.05, 0) is 30.3 Å². The molecule has 3 rings (SSSR count). The van der Waals surface area contributed by atoms with Crippen LogP contribution in [0.1, 0.15) is 10.4 Å². The van der Waals surface area contributed by atoms with E-state index >= 15 is 0 Å². The molecule has 2 aromatic rings. The molecule has 0 spiro atoms. The standard InChI is InChI=1S/C19H21N3O5/c1-25-17-7-2-14(12-20-17)19(24)21-15-3-5-16(6-4-15)27-13-18(23)22-8-10-26-11-9-22/h2-7,12H,8-11,13H2,1H3,(H,21,24). The van der Waals surface area contributed by atoms with Crippen LogP contribution in [0.3, 0.4) is 0 Å². The Labute approximate surface area is 157 Å². The molecule has 1 N–H and O–H groups in total. The van der Waals surface area contributed by atoms with Gasteiger partial charge in [0.1, 0.15) is 5.75 Å². The summed E-state index contributed by atoms with van der Waals surface area (Å²) in [6.45, 7) is 2.28.